The quantitative estimate of drug-likeness (QED) is 0.173. The average molecular weight is 806 g/mol. The van der Waals surface area contributed by atoms with Crippen LogP contribution in [0.15, 0.2) is 200 Å². The number of aromatic nitrogens is 3. The van der Waals surface area contributed by atoms with Gasteiger partial charge in [-0.05, 0) is 81.3 Å². The van der Waals surface area contributed by atoms with Gasteiger partial charge in [-0.15, -0.1) is 0 Å². The molecule has 9 aromatic carbocycles. The summed E-state index contributed by atoms with van der Waals surface area (Å²) in [5.74, 6) is 0.708. The van der Waals surface area contributed by atoms with Crippen LogP contribution in [0.25, 0.3) is 105 Å². The highest BCUT2D eigenvalue weighted by atomic mass is 15.0. The van der Waals surface area contributed by atoms with Crippen molar-refractivity contribution in [2.45, 2.75) is 37.5 Å². The molecule has 0 atom stereocenters. The molecule has 3 heteroatoms. The number of hydrogen-bond acceptors (Lipinski definition) is 2. The molecule has 2 heterocycles. The van der Waals surface area contributed by atoms with Crippen LogP contribution in [0.2, 0.25) is 0 Å². The van der Waals surface area contributed by atoms with Crippen molar-refractivity contribution < 1.29 is 0 Å². The molecule has 0 bridgehead atoms. The van der Waals surface area contributed by atoms with E-state index in [0.29, 0.717) is 5.82 Å². The number of rotatable bonds is 5. The van der Waals surface area contributed by atoms with E-state index in [-0.39, 0.29) is 5.41 Å². The lowest BCUT2D eigenvalue weighted by atomic mass is 9.66. The lowest BCUT2D eigenvalue weighted by Gasteiger charge is -2.36. The van der Waals surface area contributed by atoms with E-state index in [9.17, 15) is 0 Å². The van der Waals surface area contributed by atoms with Gasteiger partial charge in [0.1, 0.15) is 0 Å². The molecule has 2 aliphatic carbocycles. The monoisotopic (exact) mass is 805 g/mol. The van der Waals surface area contributed by atoms with Gasteiger partial charge in [0.05, 0.1) is 22.4 Å². The molecular formula is C60H43N3. The van der Waals surface area contributed by atoms with Crippen LogP contribution in [-0.4, -0.2) is 14.5 Å². The Morgan fingerprint density at radius 3 is 1.81 bits per heavy atom. The molecule has 63 heavy (non-hydrogen) atoms. The van der Waals surface area contributed by atoms with E-state index in [2.05, 4.69) is 205 Å². The Bertz CT molecular complexity index is 3580. The van der Waals surface area contributed by atoms with Crippen LogP contribution in [0.4, 0.5) is 0 Å². The fourth-order valence-corrected chi connectivity index (χ4v) is 11.4. The van der Waals surface area contributed by atoms with Crippen LogP contribution >= 0.6 is 0 Å². The van der Waals surface area contributed by atoms with Gasteiger partial charge >= 0.3 is 0 Å². The van der Waals surface area contributed by atoms with Crippen molar-refractivity contribution in [2.24, 2.45) is 0 Å². The Balaban J connectivity index is 1.05. The Kier molecular flexibility index (Phi) is 8.14. The molecule has 1 saturated carbocycles. The molecule has 0 saturated heterocycles. The van der Waals surface area contributed by atoms with Crippen LogP contribution in [-0.2, 0) is 5.41 Å². The van der Waals surface area contributed by atoms with Crippen LogP contribution in [0.3, 0.4) is 0 Å². The molecule has 0 amide bonds. The molecule has 0 radical (unpaired) electrons. The third-order valence-electron chi connectivity index (χ3n) is 14.1. The summed E-state index contributed by atoms with van der Waals surface area (Å²) in [6.45, 7) is 0. The van der Waals surface area contributed by atoms with Crippen molar-refractivity contribution in [1.29, 1.82) is 0 Å². The molecule has 298 valence electrons. The van der Waals surface area contributed by atoms with E-state index in [1.54, 1.807) is 5.56 Å². The number of benzene rings is 9. The topological polar surface area (TPSA) is 30.7 Å². The zero-order chi connectivity index (χ0) is 41.5. The molecule has 0 N–H and O–H groups in total. The van der Waals surface area contributed by atoms with Crippen molar-refractivity contribution in [1.82, 2.24) is 14.5 Å². The summed E-state index contributed by atoms with van der Waals surface area (Å²) in [6, 6.07) is 73.1. The molecule has 3 nitrogen and oxygen atoms in total. The van der Waals surface area contributed by atoms with Gasteiger partial charge in [0.15, 0.2) is 5.82 Å². The summed E-state index contributed by atoms with van der Waals surface area (Å²) in [6.07, 6.45) is 6.17. The normalized spacial score (nSPS) is 14.2. The summed E-state index contributed by atoms with van der Waals surface area (Å²) >= 11 is 0. The molecule has 2 aromatic heterocycles. The van der Waals surface area contributed by atoms with Crippen LogP contribution < -0.4 is 0 Å². The van der Waals surface area contributed by atoms with Gasteiger partial charge in [-0.1, -0.05) is 195 Å². The first-order valence-corrected chi connectivity index (χ1v) is 22.5. The first kappa shape index (κ1) is 36.1. The van der Waals surface area contributed by atoms with Crippen LogP contribution in [0.1, 0.15) is 43.2 Å². The zero-order valence-corrected chi connectivity index (χ0v) is 34.9. The third kappa shape index (κ3) is 5.52. The first-order chi connectivity index (χ1) is 31.2. The lowest BCUT2D eigenvalue weighted by Crippen LogP contribution is -2.28. The van der Waals surface area contributed by atoms with Gasteiger partial charge in [-0.2, -0.15) is 0 Å². The Hall–Kier alpha value is -7.62. The molecule has 13 rings (SSSR count). The van der Waals surface area contributed by atoms with Gasteiger partial charge in [0, 0.05) is 49.3 Å². The first-order valence-electron chi connectivity index (χ1n) is 22.5. The van der Waals surface area contributed by atoms with Gasteiger partial charge in [-0.3, -0.25) is 0 Å². The predicted octanol–water partition coefficient (Wildman–Crippen LogP) is 15.8. The third-order valence-corrected chi connectivity index (χ3v) is 14.1. The van der Waals surface area contributed by atoms with E-state index >= 15 is 0 Å². The minimum Gasteiger partial charge on any atom is -0.308 e. The van der Waals surface area contributed by atoms with Crippen LogP contribution in [0.5, 0.6) is 0 Å². The molecule has 0 unspecified atom stereocenters. The minimum atomic E-state index is -0.0110. The largest absolute Gasteiger partial charge is 0.308 e. The highest BCUT2D eigenvalue weighted by molar-refractivity contribution is 6.28. The molecular weight excluding hydrogens is 763 g/mol. The second-order valence-electron chi connectivity index (χ2n) is 17.5. The average Bonchev–Trinajstić information content (AvgIpc) is 3.85. The highest BCUT2D eigenvalue weighted by Crippen LogP contribution is 2.61. The zero-order valence-electron chi connectivity index (χ0n) is 34.9. The number of hydrogen-bond donors (Lipinski definition) is 0. The lowest BCUT2D eigenvalue weighted by molar-refractivity contribution is 0.355. The molecule has 2 aliphatic rings. The second kappa shape index (κ2) is 14.2. The summed E-state index contributed by atoms with van der Waals surface area (Å²) in [4.78, 5) is 10.5. The van der Waals surface area contributed by atoms with E-state index in [4.69, 9.17) is 9.97 Å². The number of nitrogens with zero attached hydrogens (tertiary/aromatic N) is 3. The van der Waals surface area contributed by atoms with Crippen molar-refractivity contribution in [3.8, 4) is 61.8 Å². The van der Waals surface area contributed by atoms with E-state index in [1.165, 1.54) is 97.7 Å². The van der Waals surface area contributed by atoms with Gasteiger partial charge < -0.3 is 4.57 Å². The minimum absolute atomic E-state index is 0.0110. The van der Waals surface area contributed by atoms with Crippen molar-refractivity contribution in [3.63, 3.8) is 0 Å². The molecule has 0 aliphatic heterocycles. The van der Waals surface area contributed by atoms with E-state index in [0.717, 1.165) is 39.3 Å². The summed E-state index contributed by atoms with van der Waals surface area (Å²) < 4.78 is 2.59. The maximum atomic E-state index is 5.30. The highest BCUT2D eigenvalue weighted by Gasteiger charge is 2.46. The van der Waals surface area contributed by atoms with Gasteiger partial charge in [0.2, 0.25) is 0 Å². The van der Waals surface area contributed by atoms with E-state index in [1.807, 2.05) is 0 Å². The SMILES string of the molecule is c1ccc(-c2cccc(-c3nc(-c4ccccc4)cc(-c4ccc(-n5c6c7ccccc7ccc6c6c7c(c8ccccc8c65)-c5ccccc5C75CCCCC5)cc4)n3)c2)cc1. The summed E-state index contributed by atoms with van der Waals surface area (Å²) in [7, 11) is 0. The fourth-order valence-electron chi connectivity index (χ4n) is 11.4. The van der Waals surface area contributed by atoms with Gasteiger partial charge in [-0.25, -0.2) is 9.97 Å². The Morgan fingerprint density at radius 1 is 0.413 bits per heavy atom. The van der Waals surface area contributed by atoms with Crippen molar-refractivity contribution in [3.05, 3.63) is 211 Å². The maximum absolute atomic E-state index is 5.30. The van der Waals surface area contributed by atoms with E-state index < -0.39 is 0 Å². The van der Waals surface area contributed by atoms with Crippen molar-refractivity contribution >= 4 is 43.4 Å². The maximum Gasteiger partial charge on any atom is 0.160 e. The van der Waals surface area contributed by atoms with Crippen molar-refractivity contribution in [2.75, 3.05) is 0 Å². The van der Waals surface area contributed by atoms with Gasteiger partial charge in [0.25, 0.3) is 0 Å². The smallest absolute Gasteiger partial charge is 0.160 e. The second-order valence-corrected chi connectivity index (χ2v) is 17.5. The molecule has 1 spiro atoms. The molecule has 1 fully saturated rings. The number of fused-ring (bicyclic) bond motifs is 14. The fraction of sp³-hybridized carbons (Fsp3) is 0.100. The Labute approximate surface area is 367 Å². The standard InChI is InChI=1S/C60H43N3/c1-4-17-39(18-5-1)43-22-16-23-44(37-43)59-61-52(41-20-6-2-7-21-41)38-53(62-59)42-29-32-45(33-30-42)63-57-46-24-9-8-19-40(46)31-34-50(57)55-56-54(47-25-10-11-26-48(47)58(55)63)49-27-12-13-28-51(49)60(56)35-14-3-15-36-60/h1-2,4-13,16-34,37-38H,3,14-15,35-36H2. The van der Waals surface area contributed by atoms with Crippen LogP contribution in [0, 0.1) is 0 Å². The predicted molar refractivity (Wildman–Crippen MR) is 262 cm³/mol. The summed E-state index contributed by atoms with van der Waals surface area (Å²) in [5, 5.41) is 7.91. The Morgan fingerprint density at radius 2 is 1.03 bits per heavy atom. The summed E-state index contributed by atoms with van der Waals surface area (Å²) in [5.41, 5.74) is 16.8. The molecule has 11 aromatic rings.